The Bertz CT molecular complexity index is 341. The summed E-state index contributed by atoms with van der Waals surface area (Å²) in [6, 6.07) is 7.78. The van der Waals surface area contributed by atoms with Gasteiger partial charge < -0.3 is 10.5 Å². The van der Waals surface area contributed by atoms with E-state index in [4.69, 9.17) is 15.9 Å². The molecule has 0 saturated carbocycles. The lowest BCUT2D eigenvalue weighted by Crippen LogP contribution is -2.24. The van der Waals surface area contributed by atoms with Crippen molar-refractivity contribution in [2.24, 2.45) is 5.73 Å². The monoisotopic (exact) mass is 224 g/mol. The van der Waals surface area contributed by atoms with Crippen molar-refractivity contribution in [1.29, 1.82) is 5.41 Å². The van der Waals surface area contributed by atoms with E-state index in [1.54, 1.807) is 18.9 Å². The molecule has 1 aromatic rings. The smallest absolute Gasteiger partial charge is 0.132 e. The Morgan fingerprint density at radius 2 is 2.20 bits per heavy atom. The SMILES string of the molecule is CCC(Sc1ccccc1OC)C(=N)N. The number of para-hydroxylation sites is 1. The molecular weight excluding hydrogens is 208 g/mol. The molecule has 15 heavy (non-hydrogen) atoms. The molecule has 0 amide bonds. The van der Waals surface area contributed by atoms with Crippen LogP contribution in [0.4, 0.5) is 0 Å². The highest BCUT2D eigenvalue weighted by atomic mass is 32.2. The molecule has 0 fully saturated rings. The fourth-order valence-electron chi connectivity index (χ4n) is 1.24. The van der Waals surface area contributed by atoms with Gasteiger partial charge in [0.25, 0.3) is 0 Å². The maximum absolute atomic E-state index is 7.44. The predicted molar refractivity (Wildman–Crippen MR) is 64.8 cm³/mol. The fraction of sp³-hybridized carbons (Fsp3) is 0.364. The number of benzene rings is 1. The zero-order valence-corrected chi connectivity index (χ0v) is 9.80. The summed E-state index contributed by atoms with van der Waals surface area (Å²) in [7, 11) is 1.65. The molecule has 0 aliphatic heterocycles. The van der Waals surface area contributed by atoms with Gasteiger partial charge in [-0.25, -0.2) is 0 Å². The van der Waals surface area contributed by atoms with E-state index in [0.717, 1.165) is 17.1 Å². The molecule has 3 nitrogen and oxygen atoms in total. The second kappa shape index (κ2) is 5.66. The zero-order valence-electron chi connectivity index (χ0n) is 8.99. The van der Waals surface area contributed by atoms with E-state index < -0.39 is 0 Å². The van der Waals surface area contributed by atoms with E-state index in [1.165, 1.54) is 0 Å². The number of hydrogen-bond acceptors (Lipinski definition) is 3. The number of hydrogen-bond donors (Lipinski definition) is 2. The molecule has 3 N–H and O–H groups in total. The number of ether oxygens (including phenoxy) is 1. The zero-order chi connectivity index (χ0) is 11.3. The van der Waals surface area contributed by atoms with Crippen LogP contribution in [0.15, 0.2) is 29.2 Å². The lowest BCUT2D eigenvalue weighted by atomic mass is 10.3. The Morgan fingerprint density at radius 1 is 1.53 bits per heavy atom. The number of amidine groups is 1. The molecule has 1 rings (SSSR count). The van der Waals surface area contributed by atoms with Crippen LogP contribution >= 0.6 is 11.8 Å². The molecule has 0 heterocycles. The standard InChI is InChI=1S/C11H16N2OS/c1-3-9(11(12)13)15-10-7-5-4-6-8(10)14-2/h4-7,9H,3H2,1-2H3,(H3,12,13). The van der Waals surface area contributed by atoms with Crippen LogP contribution in [-0.4, -0.2) is 18.2 Å². The fourth-order valence-corrected chi connectivity index (χ4v) is 2.26. The first-order chi connectivity index (χ1) is 7.19. The summed E-state index contributed by atoms with van der Waals surface area (Å²) in [5.74, 6) is 1.05. The van der Waals surface area contributed by atoms with Crippen molar-refractivity contribution in [2.45, 2.75) is 23.5 Å². The molecule has 1 atom stereocenters. The molecule has 0 aliphatic rings. The Morgan fingerprint density at radius 3 is 2.73 bits per heavy atom. The average Bonchev–Trinajstić information content (AvgIpc) is 2.25. The van der Waals surface area contributed by atoms with Crippen LogP contribution in [0.3, 0.4) is 0 Å². The van der Waals surface area contributed by atoms with Crippen LogP contribution in [0.2, 0.25) is 0 Å². The van der Waals surface area contributed by atoms with Crippen LogP contribution in [0.25, 0.3) is 0 Å². The minimum atomic E-state index is 0.0290. The Hall–Kier alpha value is -1.16. The molecule has 0 saturated heterocycles. The normalized spacial score (nSPS) is 12.1. The maximum Gasteiger partial charge on any atom is 0.132 e. The first kappa shape index (κ1) is 11.9. The first-order valence-corrected chi connectivity index (χ1v) is 5.70. The summed E-state index contributed by atoms with van der Waals surface area (Å²) in [6.45, 7) is 2.02. The molecule has 0 spiro atoms. The minimum Gasteiger partial charge on any atom is -0.496 e. The van der Waals surface area contributed by atoms with Crippen LogP contribution in [0.1, 0.15) is 13.3 Å². The Kier molecular flexibility index (Phi) is 4.49. The van der Waals surface area contributed by atoms with Gasteiger partial charge in [-0.15, -0.1) is 11.8 Å². The Labute approximate surface area is 94.5 Å². The number of methoxy groups -OCH3 is 1. The summed E-state index contributed by atoms with van der Waals surface area (Å²) in [5.41, 5.74) is 5.51. The van der Waals surface area contributed by atoms with Gasteiger partial charge in [-0.3, -0.25) is 5.41 Å². The van der Waals surface area contributed by atoms with Gasteiger partial charge in [-0.05, 0) is 18.6 Å². The molecule has 82 valence electrons. The third kappa shape index (κ3) is 3.16. The average molecular weight is 224 g/mol. The maximum atomic E-state index is 7.44. The second-order valence-electron chi connectivity index (χ2n) is 3.12. The highest BCUT2D eigenvalue weighted by Gasteiger charge is 2.13. The molecular formula is C11H16N2OS. The van der Waals surface area contributed by atoms with E-state index >= 15 is 0 Å². The number of nitrogens with two attached hydrogens (primary N) is 1. The lowest BCUT2D eigenvalue weighted by Gasteiger charge is -2.14. The number of nitrogens with one attached hydrogen (secondary N) is 1. The van der Waals surface area contributed by atoms with Crippen molar-refractivity contribution in [3.63, 3.8) is 0 Å². The number of thioether (sulfide) groups is 1. The summed E-state index contributed by atoms with van der Waals surface area (Å²) in [5, 5.41) is 7.47. The highest BCUT2D eigenvalue weighted by molar-refractivity contribution is 8.00. The van der Waals surface area contributed by atoms with Crippen LogP contribution < -0.4 is 10.5 Å². The van der Waals surface area contributed by atoms with Crippen LogP contribution in [0.5, 0.6) is 5.75 Å². The van der Waals surface area contributed by atoms with Gasteiger partial charge in [0.05, 0.1) is 17.3 Å². The second-order valence-corrected chi connectivity index (χ2v) is 4.37. The van der Waals surface area contributed by atoms with Gasteiger partial charge >= 0.3 is 0 Å². The van der Waals surface area contributed by atoms with Gasteiger partial charge in [0, 0.05) is 0 Å². The van der Waals surface area contributed by atoms with Crippen LogP contribution in [-0.2, 0) is 0 Å². The largest absolute Gasteiger partial charge is 0.496 e. The minimum absolute atomic E-state index is 0.0290. The van der Waals surface area contributed by atoms with Crippen molar-refractivity contribution >= 4 is 17.6 Å². The predicted octanol–water partition coefficient (Wildman–Crippen LogP) is 2.50. The molecule has 0 radical (unpaired) electrons. The van der Waals surface area contributed by atoms with Crippen molar-refractivity contribution < 1.29 is 4.74 Å². The molecule has 0 aromatic heterocycles. The van der Waals surface area contributed by atoms with E-state index in [2.05, 4.69) is 0 Å². The van der Waals surface area contributed by atoms with Crippen LogP contribution in [0, 0.1) is 5.41 Å². The number of rotatable bonds is 5. The summed E-state index contributed by atoms with van der Waals surface area (Å²) in [4.78, 5) is 1.03. The molecule has 4 heteroatoms. The van der Waals surface area contributed by atoms with Crippen molar-refractivity contribution in [3.8, 4) is 5.75 Å². The molecule has 1 aromatic carbocycles. The summed E-state index contributed by atoms with van der Waals surface area (Å²) in [6.07, 6.45) is 0.845. The van der Waals surface area contributed by atoms with Crippen molar-refractivity contribution in [1.82, 2.24) is 0 Å². The molecule has 0 bridgehead atoms. The lowest BCUT2D eigenvalue weighted by molar-refractivity contribution is 0.405. The third-order valence-electron chi connectivity index (χ3n) is 2.06. The summed E-state index contributed by atoms with van der Waals surface area (Å²) < 4.78 is 5.24. The van der Waals surface area contributed by atoms with Crippen molar-refractivity contribution in [3.05, 3.63) is 24.3 Å². The van der Waals surface area contributed by atoms with Gasteiger partial charge in [-0.1, -0.05) is 19.1 Å². The van der Waals surface area contributed by atoms with E-state index in [0.29, 0.717) is 0 Å². The van der Waals surface area contributed by atoms with E-state index in [-0.39, 0.29) is 11.1 Å². The van der Waals surface area contributed by atoms with Gasteiger partial charge in [0.15, 0.2) is 0 Å². The molecule has 0 aliphatic carbocycles. The third-order valence-corrected chi connectivity index (χ3v) is 3.52. The highest BCUT2D eigenvalue weighted by Crippen LogP contribution is 2.32. The topological polar surface area (TPSA) is 59.1 Å². The van der Waals surface area contributed by atoms with E-state index in [1.807, 2.05) is 31.2 Å². The summed E-state index contributed by atoms with van der Waals surface area (Å²) >= 11 is 1.57. The van der Waals surface area contributed by atoms with Gasteiger partial charge in [0.2, 0.25) is 0 Å². The van der Waals surface area contributed by atoms with Crippen molar-refractivity contribution in [2.75, 3.05) is 7.11 Å². The van der Waals surface area contributed by atoms with E-state index in [9.17, 15) is 0 Å². The quantitative estimate of drug-likeness (QED) is 0.459. The first-order valence-electron chi connectivity index (χ1n) is 4.82. The van der Waals surface area contributed by atoms with Gasteiger partial charge in [-0.2, -0.15) is 0 Å². The molecule has 1 unspecified atom stereocenters. The Balaban J connectivity index is 2.82. The van der Waals surface area contributed by atoms with Gasteiger partial charge in [0.1, 0.15) is 11.6 Å².